The summed E-state index contributed by atoms with van der Waals surface area (Å²) in [5, 5.41) is 10.3. The number of aliphatic hydroxyl groups excluding tert-OH is 1. The van der Waals surface area contributed by atoms with Gasteiger partial charge in [-0.25, -0.2) is 0 Å². The van der Waals surface area contributed by atoms with E-state index in [1.807, 2.05) is 0 Å². The fraction of sp³-hybridized carbons (Fsp3) is 1.00. The van der Waals surface area contributed by atoms with Crippen molar-refractivity contribution in [3.8, 4) is 0 Å². The summed E-state index contributed by atoms with van der Waals surface area (Å²) in [6.45, 7) is 14.0. The van der Waals surface area contributed by atoms with Crippen LogP contribution >= 0.6 is 0 Å². The number of hydrogen-bond acceptors (Lipinski definition) is 1. The minimum absolute atomic E-state index is 0.0751. The van der Waals surface area contributed by atoms with E-state index in [0.29, 0.717) is 11.3 Å². The minimum Gasteiger partial charge on any atom is -0.393 e. The van der Waals surface area contributed by atoms with Crippen molar-refractivity contribution < 1.29 is 5.11 Å². The van der Waals surface area contributed by atoms with Gasteiger partial charge in [0.25, 0.3) is 0 Å². The van der Waals surface area contributed by atoms with Crippen LogP contribution in [0.3, 0.4) is 0 Å². The Morgan fingerprint density at radius 3 is 1.94 bits per heavy atom. The predicted molar refractivity (Wildman–Crippen MR) is 75.0 cm³/mol. The van der Waals surface area contributed by atoms with Gasteiger partial charge in [0.2, 0.25) is 0 Å². The second kappa shape index (κ2) is 5.30. The summed E-state index contributed by atoms with van der Waals surface area (Å²) < 4.78 is 0. The first-order valence-electron chi connectivity index (χ1n) is 7.42. The zero-order valence-electron chi connectivity index (χ0n) is 12.7. The molecule has 0 saturated heterocycles. The first-order chi connectivity index (χ1) is 7.74. The van der Waals surface area contributed by atoms with Crippen LogP contribution in [-0.4, -0.2) is 11.2 Å². The molecule has 0 radical (unpaired) electrons. The van der Waals surface area contributed by atoms with Gasteiger partial charge in [0.15, 0.2) is 0 Å². The zero-order chi connectivity index (χ0) is 13.3. The van der Waals surface area contributed by atoms with Crippen LogP contribution in [0.2, 0.25) is 0 Å². The molecule has 1 N–H and O–H groups in total. The molecule has 102 valence electrons. The lowest BCUT2D eigenvalue weighted by Gasteiger charge is -2.47. The Balaban J connectivity index is 2.79. The van der Waals surface area contributed by atoms with E-state index in [9.17, 15) is 5.11 Å². The number of hydrogen-bond donors (Lipinski definition) is 1. The highest BCUT2D eigenvalue weighted by Crippen LogP contribution is 2.48. The van der Waals surface area contributed by atoms with Crippen molar-refractivity contribution in [2.24, 2.45) is 22.7 Å². The molecule has 17 heavy (non-hydrogen) atoms. The highest BCUT2D eigenvalue weighted by molar-refractivity contribution is 4.92. The van der Waals surface area contributed by atoms with Crippen LogP contribution in [0.1, 0.15) is 73.6 Å². The molecule has 1 fully saturated rings. The van der Waals surface area contributed by atoms with Gasteiger partial charge in [-0.2, -0.15) is 0 Å². The molecule has 3 atom stereocenters. The Bertz CT molecular complexity index is 242. The molecule has 1 rings (SSSR count). The van der Waals surface area contributed by atoms with Gasteiger partial charge in [0, 0.05) is 0 Å². The van der Waals surface area contributed by atoms with Crippen molar-refractivity contribution in [3.63, 3.8) is 0 Å². The first-order valence-corrected chi connectivity index (χ1v) is 7.42. The molecule has 1 nitrogen and oxygen atoms in total. The van der Waals surface area contributed by atoms with E-state index in [1.54, 1.807) is 0 Å². The van der Waals surface area contributed by atoms with E-state index in [2.05, 4.69) is 41.5 Å². The summed E-state index contributed by atoms with van der Waals surface area (Å²) in [5.41, 5.74) is 0.712. The maximum absolute atomic E-state index is 10.3. The van der Waals surface area contributed by atoms with Gasteiger partial charge in [-0.15, -0.1) is 0 Å². The van der Waals surface area contributed by atoms with Crippen molar-refractivity contribution in [1.82, 2.24) is 0 Å². The summed E-state index contributed by atoms with van der Waals surface area (Å²) in [6, 6.07) is 0. The molecular weight excluding hydrogens is 208 g/mol. The van der Waals surface area contributed by atoms with E-state index in [4.69, 9.17) is 0 Å². The van der Waals surface area contributed by atoms with E-state index in [0.717, 1.165) is 18.8 Å². The van der Waals surface area contributed by atoms with Gasteiger partial charge >= 0.3 is 0 Å². The maximum Gasteiger partial charge on any atom is 0.0573 e. The minimum atomic E-state index is -0.0751. The smallest absolute Gasteiger partial charge is 0.0573 e. The van der Waals surface area contributed by atoms with Crippen LogP contribution in [0.15, 0.2) is 0 Å². The van der Waals surface area contributed by atoms with Crippen LogP contribution in [0.4, 0.5) is 0 Å². The van der Waals surface area contributed by atoms with Gasteiger partial charge in [-0.1, -0.05) is 54.4 Å². The Hall–Kier alpha value is -0.0400. The molecule has 0 aromatic heterocycles. The second-order valence-electron chi connectivity index (χ2n) is 7.37. The average Bonchev–Trinajstić information content (AvgIpc) is 2.29. The molecule has 3 unspecified atom stereocenters. The Morgan fingerprint density at radius 1 is 0.941 bits per heavy atom. The van der Waals surface area contributed by atoms with Crippen molar-refractivity contribution in [1.29, 1.82) is 0 Å². The fourth-order valence-electron chi connectivity index (χ4n) is 3.26. The zero-order valence-corrected chi connectivity index (χ0v) is 12.7. The molecule has 0 aliphatic heterocycles. The fourth-order valence-corrected chi connectivity index (χ4v) is 3.26. The molecule has 0 amide bonds. The summed E-state index contributed by atoms with van der Waals surface area (Å²) in [5.74, 6) is 1.27. The summed E-state index contributed by atoms with van der Waals surface area (Å²) in [4.78, 5) is 0. The van der Waals surface area contributed by atoms with Crippen molar-refractivity contribution in [2.45, 2.75) is 79.8 Å². The monoisotopic (exact) mass is 240 g/mol. The molecular formula is C16H32O. The van der Waals surface area contributed by atoms with Crippen molar-refractivity contribution in [3.05, 3.63) is 0 Å². The van der Waals surface area contributed by atoms with E-state index < -0.39 is 0 Å². The number of rotatable bonds is 4. The third-order valence-corrected chi connectivity index (χ3v) is 5.75. The molecule has 0 heterocycles. The molecule has 1 aliphatic carbocycles. The highest BCUT2D eigenvalue weighted by atomic mass is 16.3. The highest BCUT2D eigenvalue weighted by Gasteiger charge is 2.42. The van der Waals surface area contributed by atoms with Crippen LogP contribution in [0.25, 0.3) is 0 Å². The first kappa shape index (κ1) is 15.0. The van der Waals surface area contributed by atoms with Gasteiger partial charge in [0.1, 0.15) is 0 Å². The standard InChI is InChI=1S/C16H32O/c1-7-15(3,4)12-9-10-14(17)13(11-12)16(5,6)8-2/h12-14,17H,7-11H2,1-6H3. The van der Waals surface area contributed by atoms with Crippen LogP contribution in [-0.2, 0) is 0 Å². The second-order valence-corrected chi connectivity index (χ2v) is 7.37. The molecule has 0 bridgehead atoms. The lowest BCUT2D eigenvalue weighted by atomic mass is 9.60. The average molecular weight is 240 g/mol. The Kier molecular flexibility index (Phi) is 4.68. The SMILES string of the molecule is CCC(C)(C)C1CCC(O)C(C(C)(C)CC)C1. The van der Waals surface area contributed by atoms with Crippen LogP contribution < -0.4 is 0 Å². The quantitative estimate of drug-likeness (QED) is 0.759. The van der Waals surface area contributed by atoms with E-state index >= 15 is 0 Å². The summed E-state index contributed by atoms with van der Waals surface area (Å²) in [7, 11) is 0. The molecule has 1 saturated carbocycles. The largest absolute Gasteiger partial charge is 0.393 e. The van der Waals surface area contributed by atoms with Gasteiger partial charge in [0.05, 0.1) is 6.10 Å². The Morgan fingerprint density at radius 2 is 1.47 bits per heavy atom. The van der Waals surface area contributed by atoms with Gasteiger partial charge in [-0.05, 0) is 41.9 Å². The van der Waals surface area contributed by atoms with Gasteiger partial charge in [-0.3, -0.25) is 0 Å². The van der Waals surface area contributed by atoms with Crippen LogP contribution in [0.5, 0.6) is 0 Å². The molecule has 1 heteroatoms. The van der Waals surface area contributed by atoms with E-state index in [-0.39, 0.29) is 11.5 Å². The van der Waals surface area contributed by atoms with E-state index in [1.165, 1.54) is 19.3 Å². The predicted octanol–water partition coefficient (Wildman–Crippen LogP) is 4.64. The third-order valence-electron chi connectivity index (χ3n) is 5.75. The molecule has 0 aromatic rings. The van der Waals surface area contributed by atoms with Gasteiger partial charge < -0.3 is 5.11 Å². The summed E-state index contributed by atoms with van der Waals surface area (Å²) in [6.07, 6.45) is 5.75. The Labute approximate surface area is 108 Å². The normalized spacial score (nSPS) is 31.6. The lowest BCUT2D eigenvalue weighted by molar-refractivity contribution is -0.0398. The third kappa shape index (κ3) is 3.24. The summed E-state index contributed by atoms with van der Waals surface area (Å²) >= 11 is 0. The maximum atomic E-state index is 10.3. The molecule has 0 aromatic carbocycles. The molecule has 1 aliphatic rings. The lowest BCUT2D eigenvalue weighted by Crippen LogP contribution is -2.42. The topological polar surface area (TPSA) is 20.2 Å². The van der Waals surface area contributed by atoms with Crippen molar-refractivity contribution >= 4 is 0 Å². The van der Waals surface area contributed by atoms with Crippen LogP contribution in [0, 0.1) is 22.7 Å². The van der Waals surface area contributed by atoms with Crippen molar-refractivity contribution in [2.75, 3.05) is 0 Å². The number of aliphatic hydroxyl groups is 1. The molecule has 0 spiro atoms.